The third-order valence-corrected chi connectivity index (χ3v) is 2.38. The van der Waals surface area contributed by atoms with E-state index in [0.29, 0.717) is 11.0 Å². The first-order chi connectivity index (χ1) is 6.93. The molecule has 0 radical (unpaired) electrons. The highest BCUT2D eigenvalue weighted by Gasteiger charge is 2.23. The van der Waals surface area contributed by atoms with Gasteiger partial charge in [0.1, 0.15) is 5.82 Å². The van der Waals surface area contributed by atoms with Gasteiger partial charge >= 0.3 is 0 Å². The number of nitrogens with one attached hydrogen (secondary N) is 1. The maximum atomic E-state index is 9.24. The molecule has 0 saturated carbocycles. The van der Waals surface area contributed by atoms with Gasteiger partial charge in [-0.25, -0.2) is 0 Å². The Bertz CT molecular complexity index is 307. The van der Waals surface area contributed by atoms with Gasteiger partial charge in [0, 0.05) is 0 Å². The molecule has 0 saturated heterocycles. The van der Waals surface area contributed by atoms with Crippen molar-refractivity contribution < 1.29 is 5.11 Å². The van der Waals surface area contributed by atoms with Crippen molar-refractivity contribution in [3.8, 4) is 0 Å². The van der Waals surface area contributed by atoms with Gasteiger partial charge in [0.25, 0.3) is 0 Å². The number of aliphatic hydroxyl groups is 1. The van der Waals surface area contributed by atoms with E-state index in [0.717, 1.165) is 0 Å². The van der Waals surface area contributed by atoms with E-state index in [9.17, 15) is 5.11 Å². The van der Waals surface area contributed by atoms with Crippen LogP contribution in [-0.2, 0) is 0 Å². The molecule has 5 heteroatoms. The normalized spacial score (nSPS) is 13.7. The second-order valence-corrected chi connectivity index (χ2v) is 4.87. The molecule has 0 spiro atoms. The van der Waals surface area contributed by atoms with Gasteiger partial charge in [-0.15, -0.1) is 10.2 Å². The van der Waals surface area contributed by atoms with E-state index in [1.54, 1.807) is 12.1 Å². The summed E-state index contributed by atoms with van der Waals surface area (Å²) in [6.45, 7) is 6.19. The van der Waals surface area contributed by atoms with Gasteiger partial charge in [0.15, 0.2) is 5.15 Å². The van der Waals surface area contributed by atoms with Gasteiger partial charge in [-0.05, 0) is 17.5 Å². The Labute approximate surface area is 94.7 Å². The van der Waals surface area contributed by atoms with Crippen molar-refractivity contribution in [2.75, 3.05) is 11.9 Å². The zero-order valence-electron chi connectivity index (χ0n) is 9.16. The standard InChI is InChI=1S/C10H16ClN3O/c1-10(2,3)7(6-15)12-9-5-4-8(11)13-14-9/h4-5,7,15H,6H2,1-3H3,(H,12,14)/t7-/m0/s1. The Morgan fingerprint density at radius 3 is 2.47 bits per heavy atom. The summed E-state index contributed by atoms with van der Waals surface area (Å²) < 4.78 is 0. The summed E-state index contributed by atoms with van der Waals surface area (Å²) in [6.07, 6.45) is 0. The molecule has 1 aromatic rings. The summed E-state index contributed by atoms with van der Waals surface area (Å²) in [4.78, 5) is 0. The van der Waals surface area contributed by atoms with E-state index in [4.69, 9.17) is 11.6 Å². The van der Waals surface area contributed by atoms with Crippen LogP contribution in [0.3, 0.4) is 0 Å². The highest BCUT2D eigenvalue weighted by atomic mass is 35.5. The number of rotatable bonds is 3. The third-order valence-electron chi connectivity index (χ3n) is 2.18. The maximum Gasteiger partial charge on any atom is 0.151 e. The predicted molar refractivity (Wildman–Crippen MR) is 61.0 cm³/mol. The van der Waals surface area contributed by atoms with Gasteiger partial charge in [0.05, 0.1) is 12.6 Å². The number of aliphatic hydroxyl groups excluding tert-OH is 1. The Morgan fingerprint density at radius 2 is 2.07 bits per heavy atom. The van der Waals surface area contributed by atoms with E-state index in [-0.39, 0.29) is 18.1 Å². The topological polar surface area (TPSA) is 58.0 Å². The Kier molecular flexibility index (Phi) is 3.88. The summed E-state index contributed by atoms with van der Waals surface area (Å²) in [6, 6.07) is 3.34. The van der Waals surface area contributed by atoms with Crippen molar-refractivity contribution in [1.29, 1.82) is 0 Å². The van der Waals surface area contributed by atoms with Crippen LogP contribution in [0.1, 0.15) is 20.8 Å². The van der Waals surface area contributed by atoms with Gasteiger partial charge in [-0.1, -0.05) is 32.4 Å². The minimum Gasteiger partial charge on any atom is -0.394 e. The summed E-state index contributed by atoms with van der Waals surface area (Å²) in [5.41, 5.74) is -0.0456. The van der Waals surface area contributed by atoms with E-state index >= 15 is 0 Å². The zero-order valence-corrected chi connectivity index (χ0v) is 9.91. The lowest BCUT2D eigenvalue weighted by atomic mass is 9.87. The maximum absolute atomic E-state index is 9.24. The fraction of sp³-hybridized carbons (Fsp3) is 0.600. The second-order valence-electron chi connectivity index (χ2n) is 4.49. The molecule has 84 valence electrons. The molecule has 1 aromatic heterocycles. The number of halogens is 1. The number of hydrogen-bond donors (Lipinski definition) is 2. The van der Waals surface area contributed by atoms with Crippen LogP contribution in [0.4, 0.5) is 5.82 Å². The van der Waals surface area contributed by atoms with Crippen molar-refractivity contribution in [2.24, 2.45) is 5.41 Å². The Morgan fingerprint density at radius 1 is 1.40 bits per heavy atom. The van der Waals surface area contributed by atoms with Crippen molar-refractivity contribution in [1.82, 2.24) is 10.2 Å². The van der Waals surface area contributed by atoms with Crippen LogP contribution in [0, 0.1) is 5.41 Å². The predicted octanol–water partition coefficient (Wildman–Crippen LogP) is 1.95. The molecule has 0 aliphatic heterocycles. The van der Waals surface area contributed by atoms with Crippen molar-refractivity contribution >= 4 is 17.4 Å². The van der Waals surface area contributed by atoms with Crippen LogP contribution >= 0.6 is 11.6 Å². The third kappa shape index (κ3) is 3.64. The lowest BCUT2D eigenvalue weighted by molar-refractivity contribution is 0.201. The van der Waals surface area contributed by atoms with Crippen LogP contribution in [0.25, 0.3) is 0 Å². The molecule has 0 fully saturated rings. The zero-order chi connectivity index (χ0) is 11.5. The van der Waals surface area contributed by atoms with Crippen molar-refractivity contribution in [3.63, 3.8) is 0 Å². The quantitative estimate of drug-likeness (QED) is 0.832. The molecular formula is C10H16ClN3O. The highest BCUT2D eigenvalue weighted by molar-refractivity contribution is 6.29. The number of nitrogens with zero attached hydrogens (tertiary/aromatic N) is 2. The average Bonchev–Trinajstić information content (AvgIpc) is 2.15. The van der Waals surface area contributed by atoms with Gasteiger partial charge < -0.3 is 10.4 Å². The van der Waals surface area contributed by atoms with Crippen LogP contribution in [0.15, 0.2) is 12.1 Å². The molecule has 15 heavy (non-hydrogen) atoms. The minimum absolute atomic E-state index is 0.0456. The van der Waals surface area contributed by atoms with Gasteiger partial charge in [-0.3, -0.25) is 0 Å². The van der Waals surface area contributed by atoms with Crippen molar-refractivity contribution in [2.45, 2.75) is 26.8 Å². The van der Waals surface area contributed by atoms with Crippen LogP contribution in [0.5, 0.6) is 0 Å². The summed E-state index contributed by atoms with van der Waals surface area (Å²) in [7, 11) is 0. The number of anilines is 1. The monoisotopic (exact) mass is 229 g/mol. The molecule has 0 aliphatic rings. The Balaban J connectivity index is 2.71. The van der Waals surface area contributed by atoms with Crippen LogP contribution < -0.4 is 5.32 Å². The molecular weight excluding hydrogens is 214 g/mol. The fourth-order valence-corrected chi connectivity index (χ4v) is 1.21. The Hall–Kier alpha value is -0.870. The summed E-state index contributed by atoms with van der Waals surface area (Å²) in [5.74, 6) is 0.619. The van der Waals surface area contributed by atoms with Crippen LogP contribution in [0.2, 0.25) is 5.15 Å². The molecule has 1 heterocycles. The molecule has 0 aromatic carbocycles. The average molecular weight is 230 g/mol. The molecule has 0 amide bonds. The molecule has 2 N–H and O–H groups in total. The number of hydrogen-bond acceptors (Lipinski definition) is 4. The first kappa shape index (κ1) is 12.2. The molecule has 0 unspecified atom stereocenters. The van der Waals surface area contributed by atoms with E-state index in [1.165, 1.54) is 0 Å². The molecule has 0 aliphatic carbocycles. The van der Waals surface area contributed by atoms with E-state index in [1.807, 2.05) is 20.8 Å². The lowest BCUT2D eigenvalue weighted by Gasteiger charge is -2.30. The lowest BCUT2D eigenvalue weighted by Crippen LogP contribution is -2.37. The first-order valence-electron chi connectivity index (χ1n) is 4.80. The molecule has 4 nitrogen and oxygen atoms in total. The van der Waals surface area contributed by atoms with Crippen molar-refractivity contribution in [3.05, 3.63) is 17.3 Å². The minimum atomic E-state index is -0.0621. The first-order valence-corrected chi connectivity index (χ1v) is 5.18. The summed E-state index contributed by atoms with van der Waals surface area (Å²) in [5, 5.41) is 20.3. The van der Waals surface area contributed by atoms with Gasteiger partial charge in [-0.2, -0.15) is 0 Å². The molecule has 0 bridgehead atoms. The van der Waals surface area contributed by atoms with E-state index in [2.05, 4.69) is 15.5 Å². The SMILES string of the molecule is CC(C)(C)[C@H](CO)Nc1ccc(Cl)nn1. The molecule has 1 rings (SSSR count). The molecule has 1 atom stereocenters. The van der Waals surface area contributed by atoms with Gasteiger partial charge in [0.2, 0.25) is 0 Å². The smallest absolute Gasteiger partial charge is 0.151 e. The highest BCUT2D eigenvalue weighted by Crippen LogP contribution is 2.22. The largest absolute Gasteiger partial charge is 0.394 e. The van der Waals surface area contributed by atoms with Crippen LogP contribution in [-0.4, -0.2) is 28.0 Å². The second kappa shape index (κ2) is 4.77. The number of aromatic nitrogens is 2. The van der Waals surface area contributed by atoms with E-state index < -0.39 is 0 Å². The summed E-state index contributed by atoms with van der Waals surface area (Å²) >= 11 is 5.62. The fourth-order valence-electron chi connectivity index (χ4n) is 1.11.